The molecule has 3 amide bonds. The van der Waals surface area contributed by atoms with E-state index in [1.165, 1.54) is 0 Å². The number of nitrogens with one attached hydrogen (secondary N) is 1. The Hall–Kier alpha value is -2.29. The van der Waals surface area contributed by atoms with E-state index >= 15 is 0 Å². The normalized spacial score (nSPS) is 23.6. The lowest BCUT2D eigenvalue weighted by molar-refractivity contribution is -0.172. The molecule has 0 radical (unpaired) electrons. The van der Waals surface area contributed by atoms with E-state index in [1.54, 1.807) is 24.3 Å². The van der Waals surface area contributed by atoms with Gasteiger partial charge in [-0.3, -0.25) is 4.79 Å². The van der Waals surface area contributed by atoms with Gasteiger partial charge in [0.25, 0.3) is 0 Å². The van der Waals surface area contributed by atoms with Gasteiger partial charge in [-0.05, 0) is 42.9 Å². The molecule has 0 spiro atoms. The number of alkyl halides is 3. The predicted octanol–water partition coefficient (Wildman–Crippen LogP) is 4.01. The summed E-state index contributed by atoms with van der Waals surface area (Å²) in [7, 11) is 0. The minimum Gasteiger partial charge on any atom is -0.480 e. The summed E-state index contributed by atoms with van der Waals surface area (Å²) in [5, 5.41) is 11.8. The van der Waals surface area contributed by atoms with Gasteiger partial charge in [0.15, 0.2) is 6.04 Å². The number of urea groups is 1. The number of carboxylic acids is 1. The first kappa shape index (κ1) is 22.4. The van der Waals surface area contributed by atoms with E-state index in [0.29, 0.717) is 41.2 Å². The van der Waals surface area contributed by atoms with Crippen LogP contribution in [-0.2, 0) is 16.0 Å². The average Bonchev–Trinajstić information content (AvgIpc) is 2.67. The molecule has 3 atom stereocenters. The third-order valence-electron chi connectivity index (χ3n) is 5.78. The van der Waals surface area contributed by atoms with E-state index in [9.17, 15) is 32.7 Å². The molecule has 1 aromatic rings. The Morgan fingerprint density at radius 2 is 1.90 bits per heavy atom. The number of amides is 3. The molecule has 0 aromatic heterocycles. The maximum atomic E-state index is 13.6. The zero-order valence-corrected chi connectivity index (χ0v) is 16.7. The van der Waals surface area contributed by atoms with Crippen LogP contribution in [0.3, 0.4) is 0 Å². The lowest BCUT2D eigenvalue weighted by atomic mass is 9.82. The highest BCUT2D eigenvalue weighted by atomic mass is 35.5. The third kappa shape index (κ3) is 4.71. The molecule has 1 unspecified atom stereocenters. The van der Waals surface area contributed by atoms with E-state index in [1.807, 2.05) is 5.32 Å². The van der Waals surface area contributed by atoms with Crippen LogP contribution in [0.5, 0.6) is 0 Å². The van der Waals surface area contributed by atoms with Crippen LogP contribution in [0.25, 0.3) is 0 Å². The molecule has 164 valence electrons. The van der Waals surface area contributed by atoms with Crippen LogP contribution in [-0.4, -0.2) is 46.2 Å². The Kier molecular flexibility index (Phi) is 6.59. The number of carbonyl (C=O) groups excluding carboxylic acids is 2. The highest BCUT2D eigenvalue weighted by Crippen LogP contribution is 2.36. The van der Waals surface area contributed by atoms with Crippen LogP contribution in [0.15, 0.2) is 24.3 Å². The minimum absolute atomic E-state index is 0.0193. The molecule has 1 aliphatic carbocycles. The van der Waals surface area contributed by atoms with Gasteiger partial charge in [0, 0.05) is 5.02 Å². The predicted molar refractivity (Wildman–Crippen MR) is 102 cm³/mol. The Morgan fingerprint density at radius 3 is 2.47 bits per heavy atom. The van der Waals surface area contributed by atoms with Gasteiger partial charge in [0.05, 0.1) is 5.92 Å². The third-order valence-corrected chi connectivity index (χ3v) is 6.02. The van der Waals surface area contributed by atoms with Crippen molar-refractivity contribution in [1.82, 2.24) is 10.2 Å². The summed E-state index contributed by atoms with van der Waals surface area (Å²) in [4.78, 5) is 37.1. The van der Waals surface area contributed by atoms with E-state index < -0.39 is 48.0 Å². The Bertz CT molecular complexity index is 827. The molecule has 1 saturated heterocycles. The molecule has 2 aliphatic rings. The number of β-lactam (4-membered cyclic amide) rings is 1. The van der Waals surface area contributed by atoms with Gasteiger partial charge < -0.3 is 10.4 Å². The Labute approximate surface area is 176 Å². The summed E-state index contributed by atoms with van der Waals surface area (Å²) in [5.41, 5.74) is 0.600. The Morgan fingerprint density at radius 1 is 1.23 bits per heavy atom. The van der Waals surface area contributed by atoms with E-state index in [0.717, 1.165) is 6.42 Å². The van der Waals surface area contributed by atoms with Crippen molar-refractivity contribution >= 4 is 29.5 Å². The summed E-state index contributed by atoms with van der Waals surface area (Å²) < 4.78 is 40.7. The number of carbonyl (C=O) groups is 3. The molecule has 1 aromatic carbocycles. The van der Waals surface area contributed by atoms with Crippen LogP contribution >= 0.6 is 11.6 Å². The SMILES string of the molecule is O=C(O)[C@@H]1[C@@H](Cc2cccc(Cl)c2)C(=O)N1C(=O)NC(C1CCCCC1)C(F)(F)F. The van der Waals surface area contributed by atoms with Crippen LogP contribution in [0.1, 0.15) is 37.7 Å². The summed E-state index contributed by atoms with van der Waals surface area (Å²) in [6, 6.07) is 1.52. The van der Waals surface area contributed by atoms with Gasteiger partial charge >= 0.3 is 18.2 Å². The van der Waals surface area contributed by atoms with Crippen molar-refractivity contribution in [2.75, 3.05) is 0 Å². The number of likely N-dealkylation sites (tertiary alicyclic amines) is 1. The van der Waals surface area contributed by atoms with Crippen molar-refractivity contribution in [3.63, 3.8) is 0 Å². The molecule has 2 fully saturated rings. The van der Waals surface area contributed by atoms with Gasteiger partial charge in [-0.2, -0.15) is 13.2 Å². The molecule has 2 N–H and O–H groups in total. The van der Waals surface area contributed by atoms with Gasteiger partial charge in [-0.25, -0.2) is 14.5 Å². The first-order chi connectivity index (χ1) is 14.1. The van der Waals surface area contributed by atoms with Gasteiger partial charge in [-0.1, -0.05) is 43.0 Å². The molecule has 1 heterocycles. The summed E-state index contributed by atoms with van der Waals surface area (Å²) in [5.74, 6) is -4.10. The quantitative estimate of drug-likeness (QED) is 0.669. The number of hydrogen-bond donors (Lipinski definition) is 2. The van der Waals surface area contributed by atoms with Gasteiger partial charge in [0.2, 0.25) is 5.91 Å². The number of aliphatic carboxylic acids is 1. The summed E-state index contributed by atoms with van der Waals surface area (Å²) in [6.45, 7) is 0. The largest absolute Gasteiger partial charge is 0.480 e. The summed E-state index contributed by atoms with van der Waals surface area (Å²) >= 11 is 5.90. The molecule has 6 nitrogen and oxygen atoms in total. The van der Waals surface area contributed by atoms with Crippen molar-refractivity contribution in [2.24, 2.45) is 11.8 Å². The second kappa shape index (κ2) is 8.83. The van der Waals surface area contributed by atoms with E-state index in [2.05, 4.69) is 0 Å². The van der Waals surface area contributed by atoms with Crippen LogP contribution < -0.4 is 5.32 Å². The van der Waals surface area contributed by atoms with Crippen LogP contribution in [0.2, 0.25) is 5.02 Å². The highest BCUT2D eigenvalue weighted by molar-refractivity contribution is 6.30. The highest BCUT2D eigenvalue weighted by Gasteiger charge is 2.56. The second-order valence-electron chi connectivity index (χ2n) is 7.80. The minimum atomic E-state index is -4.69. The van der Waals surface area contributed by atoms with Crippen LogP contribution in [0.4, 0.5) is 18.0 Å². The number of halogens is 4. The van der Waals surface area contributed by atoms with Crippen molar-refractivity contribution in [3.8, 4) is 0 Å². The molecule has 30 heavy (non-hydrogen) atoms. The zero-order chi connectivity index (χ0) is 22.1. The smallest absolute Gasteiger partial charge is 0.408 e. The summed E-state index contributed by atoms with van der Waals surface area (Å²) in [6.07, 6.45) is -1.93. The first-order valence-corrected chi connectivity index (χ1v) is 10.1. The molecule has 0 bridgehead atoms. The molecule has 3 rings (SSSR count). The number of nitrogens with zero attached hydrogens (tertiary/aromatic N) is 1. The lowest BCUT2D eigenvalue weighted by Crippen LogP contribution is -2.70. The Balaban J connectivity index is 1.74. The zero-order valence-electron chi connectivity index (χ0n) is 16.0. The van der Waals surface area contributed by atoms with Crippen molar-refractivity contribution in [2.45, 2.75) is 56.8 Å². The van der Waals surface area contributed by atoms with Crippen molar-refractivity contribution < 1.29 is 32.7 Å². The number of carboxylic acid groups (broad SMARTS) is 1. The molecular weight excluding hydrogens is 425 g/mol. The molecule has 1 saturated carbocycles. The first-order valence-electron chi connectivity index (χ1n) is 9.77. The fourth-order valence-electron chi connectivity index (χ4n) is 4.31. The van der Waals surface area contributed by atoms with Crippen LogP contribution in [0, 0.1) is 11.8 Å². The van der Waals surface area contributed by atoms with E-state index in [4.69, 9.17) is 11.6 Å². The lowest BCUT2D eigenvalue weighted by Gasteiger charge is -2.44. The van der Waals surface area contributed by atoms with Crippen molar-refractivity contribution in [3.05, 3.63) is 34.9 Å². The number of rotatable bonds is 5. The van der Waals surface area contributed by atoms with E-state index in [-0.39, 0.29) is 6.42 Å². The standard InChI is InChI=1S/C20H22ClF3N2O4/c21-13-8-4-5-11(9-13)10-14-15(18(28)29)26(17(14)27)19(30)25-16(20(22,23)24)12-6-2-1-3-7-12/h4-5,8-9,12,14-16H,1-3,6-7,10H2,(H,25,30)(H,28,29)/t14-,15+,16?/m1/s1. The molecular formula is C20H22ClF3N2O4. The topological polar surface area (TPSA) is 86.7 Å². The molecule has 10 heteroatoms. The maximum absolute atomic E-state index is 13.6. The number of benzene rings is 1. The monoisotopic (exact) mass is 446 g/mol. The number of hydrogen-bond acceptors (Lipinski definition) is 3. The van der Waals surface area contributed by atoms with Crippen molar-refractivity contribution in [1.29, 1.82) is 0 Å². The maximum Gasteiger partial charge on any atom is 0.408 e. The van der Waals surface area contributed by atoms with Gasteiger partial charge in [-0.15, -0.1) is 0 Å². The fourth-order valence-corrected chi connectivity index (χ4v) is 4.52. The fraction of sp³-hybridized carbons (Fsp3) is 0.550. The number of imide groups is 1. The van der Waals surface area contributed by atoms with Gasteiger partial charge in [0.1, 0.15) is 6.04 Å². The second-order valence-corrected chi connectivity index (χ2v) is 8.24. The molecule has 1 aliphatic heterocycles. The average molecular weight is 447 g/mol.